The summed E-state index contributed by atoms with van der Waals surface area (Å²) in [6.07, 6.45) is 0.997. The second kappa shape index (κ2) is 4.87. The van der Waals surface area contributed by atoms with Gasteiger partial charge in [0.2, 0.25) is 0 Å². The highest BCUT2D eigenvalue weighted by atomic mass is 35.5. The lowest BCUT2D eigenvalue weighted by atomic mass is 9.98. The summed E-state index contributed by atoms with van der Waals surface area (Å²) < 4.78 is 5.97. The van der Waals surface area contributed by atoms with Crippen molar-refractivity contribution >= 4 is 11.6 Å². The van der Waals surface area contributed by atoms with Crippen LogP contribution in [0.15, 0.2) is 36.4 Å². The first-order chi connectivity index (χ1) is 9.17. The number of hydrogen-bond donors (Lipinski definition) is 1. The van der Waals surface area contributed by atoms with Crippen molar-refractivity contribution in [3.63, 3.8) is 0 Å². The number of nitrogens with two attached hydrogens (primary N) is 1. The average molecular weight is 274 g/mol. The van der Waals surface area contributed by atoms with E-state index in [0.29, 0.717) is 6.54 Å². The van der Waals surface area contributed by atoms with Crippen LogP contribution >= 0.6 is 11.6 Å². The molecule has 0 aliphatic carbocycles. The number of benzene rings is 2. The maximum absolute atomic E-state index is 5.97. The maximum Gasteiger partial charge on any atom is 0.130 e. The summed E-state index contributed by atoms with van der Waals surface area (Å²) in [6, 6.07) is 12.2. The molecule has 19 heavy (non-hydrogen) atoms. The van der Waals surface area contributed by atoms with E-state index in [2.05, 4.69) is 19.1 Å². The van der Waals surface area contributed by atoms with Gasteiger partial charge in [0.25, 0.3) is 0 Å². The van der Waals surface area contributed by atoms with Gasteiger partial charge >= 0.3 is 0 Å². The number of halogens is 1. The fourth-order valence-electron chi connectivity index (χ4n) is 2.57. The van der Waals surface area contributed by atoms with Crippen LogP contribution in [0.1, 0.15) is 11.1 Å². The second-order valence-corrected chi connectivity index (χ2v) is 5.42. The molecule has 3 heteroatoms. The SMILES string of the molecule is Cc1cc2c(c(-c3ccc(Cl)cc3)c1)O[C@H](CN)C2. The van der Waals surface area contributed by atoms with Crippen LogP contribution in [0.2, 0.25) is 5.02 Å². The Morgan fingerprint density at radius 2 is 2.00 bits per heavy atom. The van der Waals surface area contributed by atoms with E-state index in [4.69, 9.17) is 22.1 Å². The number of hydrogen-bond acceptors (Lipinski definition) is 2. The molecule has 0 unspecified atom stereocenters. The smallest absolute Gasteiger partial charge is 0.130 e. The van der Waals surface area contributed by atoms with E-state index >= 15 is 0 Å². The first-order valence-corrected chi connectivity index (χ1v) is 6.81. The standard InChI is InChI=1S/C16H16ClNO/c1-10-6-12-8-14(9-18)19-16(12)15(7-10)11-2-4-13(17)5-3-11/h2-7,14H,8-9,18H2,1H3/t14-/m0/s1. The molecule has 2 aromatic rings. The number of aryl methyl sites for hydroxylation is 1. The predicted octanol–water partition coefficient (Wildman–Crippen LogP) is 3.58. The summed E-state index contributed by atoms with van der Waals surface area (Å²) in [5, 5.41) is 0.744. The molecular formula is C16H16ClNO. The van der Waals surface area contributed by atoms with E-state index in [1.54, 1.807) is 0 Å². The van der Waals surface area contributed by atoms with Crippen molar-refractivity contribution in [3.05, 3.63) is 52.5 Å². The van der Waals surface area contributed by atoms with Gasteiger partial charge in [0.15, 0.2) is 0 Å². The topological polar surface area (TPSA) is 35.2 Å². The minimum absolute atomic E-state index is 0.0999. The van der Waals surface area contributed by atoms with Crippen LogP contribution in [0.3, 0.4) is 0 Å². The Hall–Kier alpha value is -1.51. The second-order valence-electron chi connectivity index (χ2n) is 4.99. The van der Waals surface area contributed by atoms with Crippen molar-refractivity contribution in [3.8, 4) is 16.9 Å². The molecule has 0 radical (unpaired) electrons. The molecule has 98 valence electrons. The average Bonchev–Trinajstić information content (AvgIpc) is 2.81. The summed E-state index contributed by atoms with van der Waals surface area (Å²) in [5.41, 5.74) is 10.5. The lowest BCUT2D eigenvalue weighted by molar-refractivity contribution is 0.242. The minimum atomic E-state index is 0.0999. The number of ether oxygens (including phenoxy) is 1. The molecule has 0 aromatic heterocycles. The van der Waals surface area contributed by atoms with Gasteiger partial charge in [-0.2, -0.15) is 0 Å². The molecule has 1 aliphatic rings. The Bertz CT molecular complexity index is 607. The Labute approximate surface area is 118 Å². The molecule has 2 aromatic carbocycles. The van der Waals surface area contributed by atoms with Gasteiger partial charge in [0.1, 0.15) is 11.9 Å². The Morgan fingerprint density at radius 3 is 2.68 bits per heavy atom. The van der Waals surface area contributed by atoms with Crippen molar-refractivity contribution in [1.29, 1.82) is 0 Å². The van der Waals surface area contributed by atoms with Gasteiger partial charge < -0.3 is 10.5 Å². The fraction of sp³-hybridized carbons (Fsp3) is 0.250. The molecule has 2 nitrogen and oxygen atoms in total. The van der Waals surface area contributed by atoms with E-state index in [9.17, 15) is 0 Å². The molecule has 0 amide bonds. The minimum Gasteiger partial charge on any atom is -0.488 e. The van der Waals surface area contributed by atoms with E-state index < -0.39 is 0 Å². The lowest BCUT2D eigenvalue weighted by Gasteiger charge is -2.12. The molecule has 0 saturated heterocycles. The van der Waals surface area contributed by atoms with Gasteiger partial charge in [-0.1, -0.05) is 29.8 Å². The summed E-state index contributed by atoms with van der Waals surface area (Å²) in [6.45, 7) is 2.66. The molecule has 2 N–H and O–H groups in total. The highest BCUT2D eigenvalue weighted by molar-refractivity contribution is 6.30. The predicted molar refractivity (Wildman–Crippen MR) is 78.8 cm³/mol. The molecular weight excluding hydrogens is 258 g/mol. The van der Waals surface area contributed by atoms with Crippen molar-refractivity contribution in [2.24, 2.45) is 5.73 Å². The molecule has 0 spiro atoms. The van der Waals surface area contributed by atoms with Crippen LogP contribution in [0.25, 0.3) is 11.1 Å². The maximum atomic E-state index is 5.97. The summed E-state index contributed by atoms with van der Waals surface area (Å²) in [7, 11) is 0. The number of rotatable bonds is 2. The fourth-order valence-corrected chi connectivity index (χ4v) is 2.69. The Kier molecular flexibility index (Phi) is 3.21. The molecule has 0 bridgehead atoms. The highest BCUT2D eigenvalue weighted by Gasteiger charge is 2.25. The van der Waals surface area contributed by atoms with Gasteiger partial charge in [-0.25, -0.2) is 0 Å². The zero-order valence-electron chi connectivity index (χ0n) is 10.8. The van der Waals surface area contributed by atoms with Gasteiger partial charge in [-0.3, -0.25) is 0 Å². The molecule has 1 heterocycles. The first-order valence-electron chi connectivity index (χ1n) is 6.43. The van der Waals surface area contributed by atoms with Crippen LogP contribution in [-0.4, -0.2) is 12.6 Å². The van der Waals surface area contributed by atoms with Crippen molar-refractivity contribution in [2.75, 3.05) is 6.54 Å². The van der Waals surface area contributed by atoms with E-state index in [1.165, 1.54) is 11.1 Å². The Morgan fingerprint density at radius 1 is 1.26 bits per heavy atom. The van der Waals surface area contributed by atoms with Crippen molar-refractivity contribution in [1.82, 2.24) is 0 Å². The van der Waals surface area contributed by atoms with Crippen LogP contribution in [0, 0.1) is 6.92 Å². The van der Waals surface area contributed by atoms with Crippen LogP contribution in [-0.2, 0) is 6.42 Å². The van der Waals surface area contributed by atoms with Crippen molar-refractivity contribution in [2.45, 2.75) is 19.4 Å². The van der Waals surface area contributed by atoms with Gasteiger partial charge in [-0.15, -0.1) is 0 Å². The van der Waals surface area contributed by atoms with Gasteiger partial charge in [0.05, 0.1) is 0 Å². The van der Waals surface area contributed by atoms with Gasteiger partial charge in [0, 0.05) is 23.6 Å². The quantitative estimate of drug-likeness (QED) is 0.908. The zero-order valence-corrected chi connectivity index (χ0v) is 11.6. The van der Waals surface area contributed by atoms with E-state index in [1.807, 2.05) is 24.3 Å². The van der Waals surface area contributed by atoms with E-state index in [0.717, 1.165) is 28.3 Å². The van der Waals surface area contributed by atoms with Crippen LogP contribution in [0.4, 0.5) is 0 Å². The van der Waals surface area contributed by atoms with Crippen molar-refractivity contribution < 1.29 is 4.74 Å². The monoisotopic (exact) mass is 273 g/mol. The molecule has 0 fully saturated rings. The first kappa shape index (κ1) is 12.5. The molecule has 1 atom stereocenters. The van der Waals surface area contributed by atoms with Crippen LogP contribution in [0.5, 0.6) is 5.75 Å². The molecule has 1 aliphatic heterocycles. The van der Waals surface area contributed by atoms with Gasteiger partial charge in [-0.05, 0) is 41.8 Å². The van der Waals surface area contributed by atoms with Crippen LogP contribution < -0.4 is 10.5 Å². The third-order valence-electron chi connectivity index (χ3n) is 3.46. The lowest BCUT2D eigenvalue weighted by Crippen LogP contribution is -2.24. The normalized spacial score (nSPS) is 17.1. The summed E-state index contributed by atoms with van der Waals surface area (Å²) in [4.78, 5) is 0. The summed E-state index contributed by atoms with van der Waals surface area (Å²) in [5.74, 6) is 0.975. The molecule has 3 rings (SSSR count). The molecule has 0 saturated carbocycles. The summed E-state index contributed by atoms with van der Waals surface area (Å²) >= 11 is 5.95. The number of fused-ring (bicyclic) bond motifs is 1. The van der Waals surface area contributed by atoms with E-state index in [-0.39, 0.29) is 6.10 Å². The third-order valence-corrected chi connectivity index (χ3v) is 3.71. The highest BCUT2D eigenvalue weighted by Crippen LogP contribution is 2.39. The third kappa shape index (κ3) is 2.34. The Balaban J connectivity index is 2.10. The zero-order chi connectivity index (χ0) is 13.4. The largest absolute Gasteiger partial charge is 0.488 e.